The van der Waals surface area contributed by atoms with Crippen molar-refractivity contribution in [3.63, 3.8) is 0 Å². The topological polar surface area (TPSA) is 63.0 Å². The molecule has 0 aliphatic rings. The largest absolute Gasteiger partial charge is 0.407 e. The maximum atomic E-state index is 5.22. The number of anilines is 1. The Kier molecular flexibility index (Phi) is 3.70. The standard InChI is InChI=1S/C8H16N4O/c1-6(2)4-10-5-7-11-12-8(9-3)13-7/h6,10H,4-5H2,1-3H3,(H,9,12). The minimum atomic E-state index is 0.460. The molecule has 1 rings (SSSR count). The van der Waals surface area contributed by atoms with Crippen molar-refractivity contribution in [3.8, 4) is 0 Å². The summed E-state index contributed by atoms with van der Waals surface area (Å²) in [6.07, 6.45) is 0. The van der Waals surface area contributed by atoms with Crippen molar-refractivity contribution in [3.05, 3.63) is 5.89 Å². The van der Waals surface area contributed by atoms with Crippen LogP contribution < -0.4 is 10.6 Å². The second kappa shape index (κ2) is 4.81. The fraction of sp³-hybridized carbons (Fsp3) is 0.750. The van der Waals surface area contributed by atoms with E-state index < -0.39 is 0 Å². The van der Waals surface area contributed by atoms with Gasteiger partial charge in [0.25, 0.3) is 0 Å². The van der Waals surface area contributed by atoms with Gasteiger partial charge in [0.2, 0.25) is 5.89 Å². The molecule has 74 valence electrons. The van der Waals surface area contributed by atoms with Crippen molar-refractivity contribution >= 4 is 6.01 Å². The molecule has 0 aromatic carbocycles. The number of hydrogen-bond donors (Lipinski definition) is 2. The van der Waals surface area contributed by atoms with E-state index in [4.69, 9.17) is 4.42 Å². The summed E-state index contributed by atoms with van der Waals surface area (Å²) in [4.78, 5) is 0. The maximum Gasteiger partial charge on any atom is 0.315 e. The van der Waals surface area contributed by atoms with Gasteiger partial charge in [-0.3, -0.25) is 0 Å². The molecule has 13 heavy (non-hydrogen) atoms. The zero-order valence-electron chi connectivity index (χ0n) is 8.29. The van der Waals surface area contributed by atoms with Crippen LogP contribution in [0.5, 0.6) is 0 Å². The highest BCUT2D eigenvalue weighted by Crippen LogP contribution is 2.03. The third-order valence-electron chi connectivity index (χ3n) is 1.51. The van der Waals surface area contributed by atoms with Gasteiger partial charge in [-0.15, -0.1) is 5.10 Å². The summed E-state index contributed by atoms with van der Waals surface area (Å²) < 4.78 is 5.22. The smallest absolute Gasteiger partial charge is 0.315 e. The van der Waals surface area contributed by atoms with Crippen molar-refractivity contribution in [1.29, 1.82) is 0 Å². The van der Waals surface area contributed by atoms with E-state index in [1.165, 1.54) is 0 Å². The van der Waals surface area contributed by atoms with Gasteiger partial charge in [0, 0.05) is 7.05 Å². The molecule has 0 bridgehead atoms. The molecule has 5 nitrogen and oxygen atoms in total. The first kappa shape index (κ1) is 9.98. The molecule has 0 unspecified atom stereocenters. The molecular formula is C8H16N4O. The van der Waals surface area contributed by atoms with Gasteiger partial charge >= 0.3 is 6.01 Å². The summed E-state index contributed by atoms with van der Waals surface area (Å²) in [6, 6.07) is 0.460. The molecule has 2 N–H and O–H groups in total. The number of hydrogen-bond acceptors (Lipinski definition) is 5. The lowest BCUT2D eigenvalue weighted by molar-refractivity contribution is 0.460. The van der Waals surface area contributed by atoms with Crippen LogP contribution in [0.4, 0.5) is 6.01 Å². The van der Waals surface area contributed by atoms with E-state index in [-0.39, 0.29) is 0 Å². The summed E-state index contributed by atoms with van der Waals surface area (Å²) in [5.74, 6) is 1.25. The number of nitrogens with zero attached hydrogens (tertiary/aromatic N) is 2. The monoisotopic (exact) mass is 184 g/mol. The van der Waals surface area contributed by atoms with E-state index in [2.05, 4.69) is 34.7 Å². The van der Waals surface area contributed by atoms with Gasteiger partial charge in [0.15, 0.2) is 0 Å². The third kappa shape index (κ3) is 3.42. The summed E-state index contributed by atoms with van der Waals surface area (Å²) in [7, 11) is 1.75. The second-order valence-electron chi connectivity index (χ2n) is 3.28. The van der Waals surface area contributed by atoms with E-state index >= 15 is 0 Å². The Labute approximate surface area is 77.9 Å². The first-order chi connectivity index (χ1) is 6.22. The fourth-order valence-electron chi connectivity index (χ4n) is 0.894. The molecule has 5 heteroatoms. The SMILES string of the molecule is CNc1nnc(CNCC(C)C)o1. The van der Waals surface area contributed by atoms with Crippen LogP contribution in [-0.2, 0) is 6.54 Å². The Morgan fingerprint density at radius 2 is 2.15 bits per heavy atom. The van der Waals surface area contributed by atoms with Crippen LogP contribution in [0, 0.1) is 5.92 Å². The molecule has 0 atom stereocenters. The first-order valence-electron chi connectivity index (χ1n) is 4.43. The molecule has 1 aromatic rings. The average molecular weight is 184 g/mol. The molecule has 0 aliphatic carbocycles. The summed E-state index contributed by atoms with van der Waals surface area (Å²) in [6.45, 7) is 5.89. The Morgan fingerprint density at radius 1 is 1.38 bits per heavy atom. The fourth-order valence-corrected chi connectivity index (χ4v) is 0.894. The lowest BCUT2D eigenvalue weighted by Crippen LogP contribution is -2.19. The molecular weight excluding hydrogens is 168 g/mol. The molecule has 0 saturated carbocycles. The Bertz CT molecular complexity index is 246. The molecule has 0 aliphatic heterocycles. The van der Waals surface area contributed by atoms with Crippen LogP contribution in [0.25, 0.3) is 0 Å². The predicted molar refractivity (Wildman–Crippen MR) is 50.4 cm³/mol. The van der Waals surface area contributed by atoms with Gasteiger partial charge in [-0.2, -0.15) is 0 Å². The number of rotatable bonds is 5. The van der Waals surface area contributed by atoms with E-state index in [0.29, 0.717) is 24.4 Å². The molecule has 1 aromatic heterocycles. The highest BCUT2D eigenvalue weighted by molar-refractivity contribution is 5.14. The minimum Gasteiger partial charge on any atom is -0.407 e. The van der Waals surface area contributed by atoms with E-state index in [1.54, 1.807) is 7.05 Å². The van der Waals surface area contributed by atoms with Gasteiger partial charge in [0.1, 0.15) is 0 Å². The van der Waals surface area contributed by atoms with Crippen LogP contribution in [0.1, 0.15) is 19.7 Å². The molecule has 0 spiro atoms. The van der Waals surface area contributed by atoms with Crippen LogP contribution in [0.2, 0.25) is 0 Å². The number of nitrogens with one attached hydrogen (secondary N) is 2. The van der Waals surface area contributed by atoms with Crippen LogP contribution in [0.3, 0.4) is 0 Å². The van der Waals surface area contributed by atoms with Crippen LogP contribution in [-0.4, -0.2) is 23.8 Å². The van der Waals surface area contributed by atoms with Crippen molar-refractivity contribution in [2.45, 2.75) is 20.4 Å². The molecule has 0 amide bonds. The summed E-state index contributed by atoms with van der Waals surface area (Å²) in [5.41, 5.74) is 0. The molecule has 0 fully saturated rings. The zero-order chi connectivity index (χ0) is 9.68. The predicted octanol–water partition coefficient (Wildman–Crippen LogP) is 0.857. The van der Waals surface area contributed by atoms with E-state index in [0.717, 1.165) is 6.54 Å². The average Bonchev–Trinajstić information content (AvgIpc) is 2.52. The van der Waals surface area contributed by atoms with Gasteiger partial charge in [-0.25, -0.2) is 0 Å². The minimum absolute atomic E-state index is 0.460. The molecule has 0 radical (unpaired) electrons. The lowest BCUT2D eigenvalue weighted by atomic mass is 10.2. The normalized spacial score (nSPS) is 10.8. The van der Waals surface area contributed by atoms with Gasteiger partial charge in [-0.05, 0) is 12.5 Å². The maximum absolute atomic E-state index is 5.22. The summed E-state index contributed by atoms with van der Waals surface area (Å²) in [5, 5.41) is 13.6. The van der Waals surface area contributed by atoms with Crippen molar-refractivity contribution in [2.75, 3.05) is 18.9 Å². The quantitative estimate of drug-likeness (QED) is 0.710. The van der Waals surface area contributed by atoms with Crippen LogP contribution >= 0.6 is 0 Å². The number of aromatic nitrogens is 2. The lowest BCUT2D eigenvalue weighted by Gasteiger charge is -2.03. The van der Waals surface area contributed by atoms with E-state index in [9.17, 15) is 0 Å². The molecule has 0 saturated heterocycles. The van der Waals surface area contributed by atoms with Gasteiger partial charge < -0.3 is 15.1 Å². The molecule has 1 heterocycles. The Morgan fingerprint density at radius 3 is 2.69 bits per heavy atom. The van der Waals surface area contributed by atoms with Gasteiger partial charge in [-0.1, -0.05) is 18.9 Å². The highest BCUT2D eigenvalue weighted by Gasteiger charge is 2.03. The highest BCUT2D eigenvalue weighted by atomic mass is 16.4. The zero-order valence-corrected chi connectivity index (χ0v) is 8.29. The van der Waals surface area contributed by atoms with Crippen molar-refractivity contribution in [2.24, 2.45) is 5.92 Å². The Hall–Kier alpha value is -1.10. The third-order valence-corrected chi connectivity index (χ3v) is 1.51. The second-order valence-corrected chi connectivity index (χ2v) is 3.28. The Balaban J connectivity index is 2.28. The van der Waals surface area contributed by atoms with Crippen molar-refractivity contribution in [1.82, 2.24) is 15.5 Å². The summed E-state index contributed by atoms with van der Waals surface area (Å²) >= 11 is 0. The van der Waals surface area contributed by atoms with Crippen LogP contribution in [0.15, 0.2) is 4.42 Å². The van der Waals surface area contributed by atoms with Gasteiger partial charge in [0.05, 0.1) is 6.54 Å². The van der Waals surface area contributed by atoms with Crippen molar-refractivity contribution < 1.29 is 4.42 Å². The first-order valence-corrected chi connectivity index (χ1v) is 4.43. The van der Waals surface area contributed by atoms with E-state index in [1.807, 2.05) is 0 Å².